The van der Waals surface area contributed by atoms with Gasteiger partial charge in [0, 0.05) is 11.3 Å². The van der Waals surface area contributed by atoms with Crippen LogP contribution in [-0.2, 0) is 0 Å². The van der Waals surface area contributed by atoms with Crippen LogP contribution < -0.4 is 11.5 Å². The Morgan fingerprint density at radius 3 is 2.46 bits per heavy atom. The molecule has 4 N–H and O–H groups in total. The summed E-state index contributed by atoms with van der Waals surface area (Å²) in [6, 6.07) is 5.25. The van der Waals surface area contributed by atoms with Crippen LogP contribution in [0.2, 0.25) is 0 Å². The van der Waals surface area contributed by atoms with Gasteiger partial charge in [-0.3, -0.25) is 4.79 Å². The van der Waals surface area contributed by atoms with Crippen molar-refractivity contribution < 1.29 is 4.79 Å². The highest BCUT2D eigenvalue weighted by molar-refractivity contribution is 5.95. The van der Waals surface area contributed by atoms with Gasteiger partial charge in [-0.2, -0.15) is 0 Å². The zero-order valence-electron chi connectivity index (χ0n) is 7.87. The van der Waals surface area contributed by atoms with E-state index in [0.29, 0.717) is 11.3 Å². The molecule has 0 bridgehead atoms. The number of benzene rings is 1. The molecule has 0 saturated carbocycles. The van der Waals surface area contributed by atoms with Crippen LogP contribution in [0.5, 0.6) is 0 Å². The molecule has 1 rings (SSSR count). The van der Waals surface area contributed by atoms with Crippen molar-refractivity contribution in [3.63, 3.8) is 0 Å². The molecule has 0 aromatic heterocycles. The number of rotatable bonds is 2. The largest absolute Gasteiger partial charge is 0.399 e. The second-order valence-electron chi connectivity index (χ2n) is 3.37. The fraction of sp³-hybridized carbons (Fsp3) is 0.300. The molecule has 1 aromatic carbocycles. The Labute approximate surface area is 77.7 Å². The lowest BCUT2D eigenvalue weighted by Crippen LogP contribution is -2.14. The molecule has 13 heavy (non-hydrogen) atoms. The Kier molecular flexibility index (Phi) is 2.56. The van der Waals surface area contributed by atoms with Gasteiger partial charge in [0.2, 0.25) is 5.91 Å². The molecule has 1 amide bonds. The molecule has 0 aliphatic heterocycles. The Balaban J connectivity index is 3.27. The van der Waals surface area contributed by atoms with E-state index in [-0.39, 0.29) is 5.92 Å². The smallest absolute Gasteiger partial charge is 0.249 e. The Hall–Kier alpha value is -1.51. The van der Waals surface area contributed by atoms with Crippen LogP contribution in [0.25, 0.3) is 0 Å². The van der Waals surface area contributed by atoms with Gasteiger partial charge in [0.1, 0.15) is 0 Å². The molecular formula is C10H14N2O. The Bertz CT molecular complexity index is 332. The maximum absolute atomic E-state index is 11.0. The third kappa shape index (κ3) is 1.99. The maximum atomic E-state index is 11.0. The number of carbonyl (C=O) groups is 1. The second-order valence-corrected chi connectivity index (χ2v) is 3.37. The molecule has 3 nitrogen and oxygen atoms in total. The maximum Gasteiger partial charge on any atom is 0.249 e. The molecule has 0 fully saturated rings. The number of nitrogens with two attached hydrogens (primary N) is 2. The molecule has 0 atom stereocenters. The summed E-state index contributed by atoms with van der Waals surface area (Å²) in [6.07, 6.45) is 0. The molecule has 0 saturated heterocycles. The number of nitrogen functional groups attached to an aromatic ring is 1. The summed E-state index contributed by atoms with van der Waals surface area (Å²) in [5.41, 5.74) is 12.8. The van der Waals surface area contributed by atoms with Crippen LogP contribution in [-0.4, -0.2) is 5.91 Å². The number of primary amides is 1. The molecular weight excluding hydrogens is 164 g/mol. The van der Waals surface area contributed by atoms with E-state index in [0.717, 1.165) is 5.56 Å². The second kappa shape index (κ2) is 3.47. The summed E-state index contributed by atoms with van der Waals surface area (Å²) in [5.74, 6) is -0.140. The van der Waals surface area contributed by atoms with Gasteiger partial charge in [-0.1, -0.05) is 19.9 Å². The molecule has 0 aliphatic rings. The van der Waals surface area contributed by atoms with E-state index < -0.39 is 5.91 Å². The predicted molar refractivity (Wildman–Crippen MR) is 53.5 cm³/mol. The van der Waals surface area contributed by atoms with Crippen LogP contribution in [0.1, 0.15) is 35.7 Å². The molecule has 70 valence electrons. The molecule has 1 aromatic rings. The first-order chi connectivity index (χ1) is 6.02. The highest BCUT2D eigenvalue weighted by atomic mass is 16.1. The average molecular weight is 178 g/mol. The van der Waals surface area contributed by atoms with Gasteiger partial charge in [0.15, 0.2) is 0 Å². The van der Waals surface area contributed by atoms with Crippen LogP contribution in [0.3, 0.4) is 0 Å². The molecule has 0 unspecified atom stereocenters. The van der Waals surface area contributed by atoms with Crippen LogP contribution in [0.15, 0.2) is 18.2 Å². The Morgan fingerprint density at radius 1 is 1.38 bits per heavy atom. The van der Waals surface area contributed by atoms with Crippen LogP contribution in [0.4, 0.5) is 5.69 Å². The van der Waals surface area contributed by atoms with E-state index in [1.165, 1.54) is 0 Å². The van der Waals surface area contributed by atoms with Crippen molar-refractivity contribution in [2.45, 2.75) is 19.8 Å². The van der Waals surface area contributed by atoms with E-state index >= 15 is 0 Å². The quantitative estimate of drug-likeness (QED) is 0.673. The number of amides is 1. The van der Waals surface area contributed by atoms with Crippen LogP contribution >= 0.6 is 0 Å². The lowest BCUT2D eigenvalue weighted by Gasteiger charge is -2.10. The minimum atomic E-state index is -0.420. The van der Waals surface area contributed by atoms with Crippen molar-refractivity contribution in [2.24, 2.45) is 5.73 Å². The standard InChI is InChI=1S/C10H14N2O/c1-6(2)8-4-3-7(11)5-9(8)10(12)13/h3-6H,11H2,1-2H3,(H2,12,13). The topological polar surface area (TPSA) is 69.1 Å². The minimum absolute atomic E-state index is 0.281. The lowest BCUT2D eigenvalue weighted by atomic mass is 9.96. The number of anilines is 1. The molecule has 0 aliphatic carbocycles. The van der Waals surface area contributed by atoms with Crippen molar-refractivity contribution in [1.29, 1.82) is 0 Å². The van der Waals surface area contributed by atoms with Crippen molar-refractivity contribution in [3.8, 4) is 0 Å². The first kappa shape index (κ1) is 9.58. The minimum Gasteiger partial charge on any atom is -0.399 e. The zero-order chi connectivity index (χ0) is 10.0. The summed E-state index contributed by atoms with van der Waals surface area (Å²) in [5, 5.41) is 0. The normalized spacial score (nSPS) is 10.4. The van der Waals surface area contributed by atoms with Gasteiger partial charge >= 0.3 is 0 Å². The third-order valence-corrected chi connectivity index (χ3v) is 1.96. The van der Waals surface area contributed by atoms with Crippen molar-refractivity contribution >= 4 is 11.6 Å². The van der Waals surface area contributed by atoms with Gasteiger partial charge < -0.3 is 11.5 Å². The van der Waals surface area contributed by atoms with Crippen molar-refractivity contribution in [2.75, 3.05) is 5.73 Å². The van der Waals surface area contributed by atoms with Gasteiger partial charge in [0.25, 0.3) is 0 Å². The summed E-state index contributed by atoms with van der Waals surface area (Å²) in [4.78, 5) is 11.0. The van der Waals surface area contributed by atoms with E-state index in [2.05, 4.69) is 0 Å². The van der Waals surface area contributed by atoms with Gasteiger partial charge in [-0.25, -0.2) is 0 Å². The highest BCUT2D eigenvalue weighted by Gasteiger charge is 2.10. The summed E-state index contributed by atoms with van der Waals surface area (Å²) < 4.78 is 0. The predicted octanol–water partition coefficient (Wildman–Crippen LogP) is 1.49. The van der Waals surface area contributed by atoms with Gasteiger partial charge in [-0.05, 0) is 23.6 Å². The van der Waals surface area contributed by atoms with Crippen molar-refractivity contribution in [3.05, 3.63) is 29.3 Å². The molecule has 0 spiro atoms. The van der Waals surface area contributed by atoms with E-state index in [9.17, 15) is 4.79 Å². The third-order valence-electron chi connectivity index (χ3n) is 1.96. The van der Waals surface area contributed by atoms with E-state index in [1.807, 2.05) is 19.9 Å². The summed E-state index contributed by atoms with van der Waals surface area (Å²) in [6.45, 7) is 4.02. The van der Waals surface area contributed by atoms with Gasteiger partial charge in [-0.15, -0.1) is 0 Å². The summed E-state index contributed by atoms with van der Waals surface area (Å²) >= 11 is 0. The number of hydrogen-bond donors (Lipinski definition) is 2. The number of hydrogen-bond acceptors (Lipinski definition) is 2. The monoisotopic (exact) mass is 178 g/mol. The molecule has 0 radical (unpaired) electrons. The fourth-order valence-electron chi connectivity index (χ4n) is 1.29. The first-order valence-corrected chi connectivity index (χ1v) is 4.21. The average Bonchev–Trinajstić information content (AvgIpc) is 2.03. The Morgan fingerprint density at radius 2 is 2.00 bits per heavy atom. The first-order valence-electron chi connectivity index (χ1n) is 4.21. The zero-order valence-corrected chi connectivity index (χ0v) is 7.87. The van der Waals surface area contributed by atoms with Gasteiger partial charge in [0.05, 0.1) is 0 Å². The fourth-order valence-corrected chi connectivity index (χ4v) is 1.29. The summed E-state index contributed by atoms with van der Waals surface area (Å²) in [7, 11) is 0. The molecule has 0 heterocycles. The lowest BCUT2D eigenvalue weighted by molar-refractivity contribution is 0.0999. The van der Waals surface area contributed by atoms with Crippen LogP contribution in [0, 0.1) is 0 Å². The van der Waals surface area contributed by atoms with Crippen molar-refractivity contribution in [1.82, 2.24) is 0 Å². The highest BCUT2D eigenvalue weighted by Crippen LogP contribution is 2.21. The van der Waals surface area contributed by atoms with E-state index in [1.54, 1.807) is 12.1 Å². The molecule has 3 heteroatoms. The van der Waals surface area contributed by atoms with E-state index in [4.69, 9.17) is 11.5 Å². The SMILES string of the molecule is CC(C)c1ccc(N)cc1C(N)=O. The number of carbonyl (C=O) groups excluding carboxylic acids is 1.